The zero-order valence-corrected chi connectivity index (χ0v) is 14.5. The lowest BCUT2D eigenvalue weighted by Crippen LogP contribution is -2.47. The van der Waals surface area contributed by atoms with Gasteiger partial charge in [0.2, 0.25) is 0 Å². The first-order valence-electron chi connectivity index (χ1n) is 6.40. The molecule has 0 spiro atoms. The van der Waals surface area contributed by atoms with Crippen LogP contribution in [-0.4, -0.2) is 36.4 Å². The van der Waals surface area contributed by atoms with Gasteiger partial charge in [-0.1, -0.05) is 29.8 Å². The molecule has 1 aromatic rings. The normalized spacial score (nSPS) is 18.4. The van der Waals surface area contributed by atoms with Crippen LogP contribution in [0.15, 0.2) is 15.0 Å². The molecule has 0 bridgehead atoms. The molecule has 1 aliphatic heterocycles. The Kier molecular flexibility index (Phi) is 4.69. The summed E-state index contributed by atoms with van der Waals surface area (Å²) in [5, 5.41) is 0. The summed E-state index contributed by atoms with van der Waals surface area (Å²) in [7, 11) is 0. The number of ether oxygens (including phenoxy) is 1. The third-order valence-corrected chi connectivity index (χ3v) is 5.39. The summed E-state index contributed by atoms with van der Waals surface area (Å²) in [6.45, 7) is 8.23. The molecule has 0 N–H and O–H groups in total. The summed E-state index contributed by atoms with van der Waals surface area (Å²) >= 11 is 7.01. The van der Waals surface area contributed by atoms with Crippen molar-refractivity contribution in [3.63, 3.8) is 0 Å². The number of carbonyl (C=O) groups excluding carboxylic acids is 1. The second-order valence-electron chi connectivity index (χ2n) is 4.59. The van der Waals surface area contributed by atoms with Crippen LogP contribution in [0.4, 0.5) is 0 Å². The molecule has 104 valence electrons. The van der Waals surface area contributed by atoms with Crippen molar-refractivity contribution < 1.29 is 9.53 Å². The third-order valence-electron chi connectivity index (χ3n) is 3.61. The fourth-order valence-corrected chi connectivity index (χ4v) is 3.61. The summed E-state index contributed by atoms with van der Waals surface area (Å²) in [4.78, 5) is 14.8. The van der Waals surface area contributed by atoms with E-state index < -0.39 is 0 Å². The van der Waals surface area contributed by atoms with Gasteiger partial charge in [-0.15, -0.1) is 0 Å². The van der Waals surface area contributed by atoms with Crippen LogP contribution in [0.3, 0.4) is 0 Å². The van der Waals surface area contributed by atoms with Gasteiger partial charge in [-0.05, 0) is 47.6 Å². The number of benzene rings is 1. The Balaban J connectivity index is 2.44. The van der Waals surface area contributed by atoms with Crippen molar-refractivity contribution in [2.75, 3.05) is 19.7 Å². The molecule has 0 saturated heterocycles. The lowest BCUT2D eigenvalue weighted by Gasteiger charge is -2.33. The fourth-order valence-electron chi connectivity index (χ4n) is 2.37. The molecular formula is C14H17Br2NO2. The third kappa shape index (κ3) is 2.60. The van der Waals surface area contributed by atoms with E-state index in [2.05, 4.69) is 50.6 Å². The van der Waals surface area contributed by atoms with Gasteiger partial charge in [-0.25, -0.2) is 0 Å². The fraction of sp³-hybridized carbons (Fsp3) is 0.500. The predicted molar refractivity (Wildman–Crippen MR) is 83.1 cm³/mol. The minimum Gasteiger partial charge on any atom is -0.489 e. The molecule has 19 heavy (non-hydrogen) atoms. The SMILES string of the molecule is CCN(CC)C1COc2c(cc(Br)c(C)c2Br)C1=O. The topological polar surface area (TPSA) is 29.5 Å². The summed E-state index contributed by atoms with van der Waals surface area (Å²) in [5.74, 6) is 0.820. The minimum atomic E-state index is -0.177. The number of fused-ring (bicyclic) bond motifs is 1. The lowest BCUT2D eigenvalue weighted by atomic mass is 9.98. The van der Waals surface area contributed by atoms with E-state index in [1.165, 1.54) is 0 Å². The summed E-state index contributed by atoms with van der Waals surface area (Å²) in [5.41, 5.74) is 1.71. The monoisotopic (exact) mass is 389 g/mol. The largest absolute Gasteiger partial charge is 0.489 e. The molecular weight excluding hydrogens is 374 g/mol. The van der Waals surface area contributed by atoms with E-state index in [-0.39, 0.29) is 11.8 Å². The smallest absolute Gasteiger partial charge is 0.187 e. The highest BCUT2D eigenvalue weighted by Crippen LogP contribution is 2.39. The maximum Gasteiger partial charge on any atom is 0.187 e. The quantitative estimate of drug-likeness (QED) is 0.785. The molecule has 1 unspecified atom stereocenters. The number of carbonyl (C=O) groups is 1. The predicted octanol–water partition coefficient (Wildman–Crippen LogP) is 3.81. The number of hydrogen-bond acceptors (Lipinski definition) is 3. The van der Waals surface area contributed by atoms with Gasteiger partial charge in [-0.3, -0.25) is 9.69 Å². The standard InChI is InChI=1S/C14H17Br2NO2/c1-4-17(5-2)11-7-19-14-9(13(11)18)6-10(15)8(3)12(14)16/h6,11H,4-5,7H2,1-3H3. The van der Waals surface area contributed by atoms with Crippen molar-refractivity contribution in [3.8, 4) is 5.75 Å². The highest BCUT2D eigenvalue weighted by Gasteiger charge is 2.34. The van der Waals surface area contributed by atoms with E-state index in [4.69, 9.17) is 4.74 Å². The maximum atomic E-state index is 12.6. The molecule has 1 aromatic carbocycles. The number of Topliss-reactive ketones (excluding diaryl/α,β-unsaturated/α-hetero) is 1. The molecule has 0 aliphatic carbocycles. The van der Waals surface area contributed by atoms with Gasteiger partial charge in [0.1, 0.15) is 18.4 Å². The van der Waals surface area contributed by atoms with Crippen molar-refractivity contribution in [1.29, 1.82) is 0 Å². The number of hydrogen-bond donors (Lipinski definition) is 0. The molecule has 1 aliphatic rings. The highest BCUT2D eigenvalue weighted by molar-refractivity contribution is 9.11. The molecule has 0 amide bonds. The van der Waals surface area contributed by atoms with Crippen LogP contribution in [0.5, 0.6) is 5.75 Å². The molecule has 0 aromatic heterocycles. The van der Waals surface area contributed by atoms with Crippen LogP contribution >= 0.6 is 31.9 Å². The number of ketones is 1. The van der Waals surface area contributed by atoms with Gasteiger partial charge in [0.05, 0.1) is 10.0 Å². The minimum absolute atomic E-state index is 0.145. The van der Waals surface area contributed by atoms with Crippen molar-refractivity contribution in [2.24, 2.45) is 0 Å². The molecule has 2 rings (SSSR count). The molecule has 0 fully saturated rings. The Hall–Kier alpha value is -0.390. The Bertz CT molecular complexity index is 513. The van der Waals surface area contributed by atoms with E-state index in [0.717, 1.165) is 27.6 Å². The van der Waals surface area contributed by atoms with Gasteiger partial charge in [0, 0.05) is 4.47 Å². The van der Waals surface area contributed by atoms with E-state index in [0.29, 0.717) is 17.9 Å². The Morgan fingerprint density at radius 3 is 2.58 bits per heavy atom. The number of nitrogens with zero attached hydrogens (tertiary/aromatic N) is 1. The summed E-state index contributed by atoms with van der Waals surface area (Å²) in [6, 6.07) is 1.69. The van der Waals surface area contributed by atoms with Gasteiger partial charge >= 0.3 is 0 Å². The summed E-state index contributed by atoms with van der Waals surface area (Å²) in [6.07, 6.45) is 0. The number of likely N-dealkylation sites (N-methyl/N-ethyl adjacent to an activating group) is 1. The van der Waals surface area contributed by atoms with Crippen LogP contribution in [0.25, 0.3) is 0 Å². The van der Waals surface area contributed by atoms with E-state index in [1.54, 1.807) is 0 Å². The number of rotatable bonds is 3. The molecule has 5 heteroatoms. The van der Waals surface area contributed by atoms with Gasteiger partial charge < -0.3 is 4.74 Å². The first-order valence-corrected chi connectivity index (χ1v) is 7.99. The zero-order chi connectivity index (χ0) is 14.2. The molecule has 0 saturated carbocycles. The Morgan fingerprint density at radius 2 is 2.00 bits per heavy atom. The van der Waals surface area contributed by atoms with Gasteiger partial charge in [0.25, 0.3) is 0 Å². The van der Waals surface area contributed by atoms with E-state index in [1.807, 2.05) is 13.0 Å². The van der Waals surface area contributed by atoms with Crippen LogP contribution in [0.1, 0.15) is 29.8 Å². The van der Waals surface area contributed by atoms with E-state index in [9.17, 15) is 4.79 Å². The Morgan fingerprint density at radius 1 is 1.37 bits per heavy atom. The Labute approximate surface area is 130 Å². The van der Waals surface area contributed by atoms with Gasteiger partial charge in [-0.2, -0.15) is 0 Å². The van der Waals surface area contributed by atoms with Crippen LogP contribution in [-0.2, 0) is 0 Å². The van der Waals surface area contributed by atoms with Crippen molar-refractivity contribution >= 4 is 37.6 Å². The summed E-state index contributed by atoms with van der Waals surface area (Å²) < 4.78 is 7.62. The van der Waals surface area contributed by atoms with E-state index >= 15 is 0 Å². The zero-order valence-electron chi connectivity index (χ0n) is 11.3. The average molecular weight is 391 g/mol. The van der Waals surface area contributed by atoms with Crippen molar-refractivity contribution in [3.05, 3.63) is 26.1 Å². The second-order valence-corrected chi connectivity index (χ2v) is 6.23. The molecule has 1 atom stereocenters. The average Bonchev–Trinajstić information content (AvgIpc) is 2.41. The second kappa shape index (κ2) is 5.94. The maximum absolute atomic E-state index is 12.6. The van der Waals surface area contributed by atoms with Crippen molar-refractivity contribution in [1.82, 2.24) is 4.90 Å². The highest BCUT2D eigenvalue weighted by atomic mass is 79.9. The first-order chi connectivity index (χ1) is 9.01. The first kappa shape index (κ1) is 15.0. The van der Waals surface area contributed by atoms with Gasteiger partial charge in [0.15, 0.2) is 5.78 Å². The van der Waals surface area contributed by atoms with Crippen LogP contribution < -0.4 is 4.74 Å². The van der Waals surface area contributed by atoms with Crippen LogP contribution in [0, 0.1) is 6.92 Å². The lowest BCUT2D eigenvalue weighted by molar-refractivity contribution is 0.0690. The molecule has 3 nitrogen and oxygen atoms in total. The van der Waals surface area contributed by atoms with Crippen molar-refractivity contribution in [2.45, 2.75) is 26.8 Å². The molecule has 0 radical (unpaired) electrons. The molecule has 1 heterocycles. The van der Waals surface area contributed by atoms with Crippen LogP contribution in [0.2, 0.25) is 0 Å². The number of halogens is 2.